The zero-order valence-corrected chi connectivity index (χ0v) is 15.1. The molecular weight excluding hydrogens is 342 g/mol. The van der Waals surface area contributed by atoms with Gasteiger partial charge < -0.3 is 15.4 Å². The average Bonchev–Trinajstić information content (AvgIpc) is 2.58. The molecule has 1 aromatic rings. The van der Waals surface area contributed by atoms with Crippen LogP contribution in [0.25, 0.3) is 0 Å². The molecule has 1 atom stereocenters. The molecule has 8 heteroatoms. The standard InChI is InChI=1S/C17H23N3O4S/c1-2-15(21)20-8-4-5-12(9-20)10-24-14-7-3-6-13-11-25(22,23)19-17(18)16(13)14/h3,6-7,12H,2,4-5,8-11H2,1H3,(H2,18,19). The highest BCUT2D eigenvalue weighted by Crippen LogP contribution is 2.29. The van der Waals surface area contributed by atoms with Crippen molar-refractivity contribution >= 4 is 21.8 Å². The van der Waals surface area contributed by atoms with Crippen LogP contribution in [0.2, 0.25) is 0 Å². The Morgan fingerprint density at radius 3 is 3.00 bits per heavy atom. The van der Waals surface area contributed by atoms with E-state index < -0.39 is 10.0 Å². The topological polar surface area (TPSA) is 102 Å². The van der Waals surface area contributed by atoms with Crippen molar-refractivity contribution in [3.05, 3.63) is 29.3 Å². The van der Waals surface area contributed by atoms with Crippen LogP contribution in [0.15, 0.2) is 22.6 Å². The minimum atomic E-state index is -3.55. The molecule has 7 nitrogen and oxygen atoms in total. The number of nitrogens with two attached hydrogens (primary N) is 1. The molecular formula is C17H23N3O4S. The van der Waals surface area contributed by atoms with Gasteiger partial charge in [-0.05, 0) is 24.5 Å². The van der Waals surface area contributed by atoms with Gasteiger partial charge >= 0.3 is 0 Å². The second-order valence-corrected chi connectivity index (χ2v) is 8.14. The van der Waals surface area contributed by atoms with Gasteiger partial charge in [0.15, 0.2) is 0 Å². The second kappa shape index (κ2) is 7.03. The zero-order valence-electron chi connectivity index (χ0n) is 14.3. The van der Waals surface area contributed by atoms with E-state index in [-0.39, 0.29) is 23.4 Å². The third-order valence-electron chi connectivity index (χ3n) is 4.59. The predicted molar refractivity (Wildman–Crippen MR) is 94.9 cm³/mol. The van der Waals surface area contributed by atoms with Crippen LogP contribution in [0.3, 0.4) is 0 Å². The maximum atomic E-state index is 11.9. The number of amides is 1. The zero-order chi connectivity index (χ0) is 18.0. The first-order valence-corrected chi connectivity index (χ1v) is 10.1. The molecule has 136 valence electrons. The number of carbonyl (C=O) groups is 1. The van der Waals surface area contributed by atoms with Crippen LogP contribution in [0, 0.1) is 5.92 Å². The molecule has 1 saturated heterocycles. The lowest BCUT2D eigenvalue weighted by molar-refractivity contribution is -0.132. The summed E-state index contributed by atoms with van der Waals surface area (Å²) in [6.07, 6.45) is 2.48. The third-order valence-corrected chi connectivity index (χ3v) is 5.74. The number of carbonyl (C=O) groups excluding carboxylic acids is 1. The van der Waals surface area contributed by atoms with Gasteiger partial charge in [0.2, 0.25) is 5.91 Å². The highest BCUT2D eigenvalue weighted by atomic mass is 32.2. The molecule has 0 saturated carbocycles. The summed E-state index contributed by atoms with van der Waals surface area (Å²) in [5.41, 5.74) is 7.02. The minimum Gasteiger partial charge on any atom is -0.492 e. The van der Waals surface area contributed by atoms with Gasteiger partial charge in [-0.3, -0.25) is 4.79 Å². The molecule has 1 unspecified atom stereocenters. The van der Waals surface area contributed by atoms with Crippen LogP contribution in [0.5, 0.6) is 5.75 Å². The predicted octanol–water partition coefficient (Wildman–Crippen LogP) is 1.26. The fraction of sp³-hybridized carbons (Fsp3) is 0.529. The fourth-order valence-electron chi connectivity index (χ4n) is 3.39. The summed E-state index contributed by atoms with van der Waals surface area (Å²) < 4.78 is 33.0. The van der Waals surface area contributed by atoms with Gasteiger partial charge in [0.25, 0.3) is 10.0 Å². The van der Waals surface area contributed by atoms with E-state index in [9.17, 15) is 13.2 Å². The van der Waals surface area contributed by atoms with Gasteiger partial charge in [-0.2, -0.15) is 0 Å². The Hall–Kier alpha value is -2.09. The molecule has 1 aromatic carbocycles. The van der Waals surface area contributed by atoms with Crippen molar-refractivity contribution in [2.75, 3.05) is 19.7 Å². The summed E-state index contributed by atoms with van der Waals surface area (Å²) in [7, 11) is -3.55. The van der Waals surface area contributed by atoms with Crippen molar-refractivity contribution in [1.82, 2.24) is 4.90 Å². The molecule has 3 rings (SSSR count). The van der Waals surface area contributed by atoms with Crippen molar-refractivity contribution in [1.29, 1.82) is 0 Å². The van der Waals surface area contributed by atoms with Crippen LogP contribution in [0.1, 0.15) is 37.3 Å². The van der Waals surface area contributed by atoms with E-state index >= 15 is 0 Å². The Morgan fingerprint density at radius 2 is 2.24 bits per heavy atom. The van der Waals surface area contributed by atoms with E-state index in [1.54, 1.807) is 18.2 Å². The first kappa shape index (κ1) is 17.7. The Balaban J connectivity index is 1.72. The quantitative estimate of drug-likeness (QED) is 0.865. The van der Waals surface area contributed by atoms with Crippen molar-refractivity contribution in [2.24, 2.45) is 16.0 Å². The van der Waals surface area contributed by atoms with Crippen LogP contribution < -0.4 is 10.5 Å². The Morgan fingerprint density at radius 1 is 1.44 bits per heavy atom. The van der Waals surface area contributed by atoms with Gasteiger partial charge in [0, 0.05) is 25.4 Å². The van der Waals surface area contributed by atoms with Gasteiger partial charge in [-0.25, -0.2) is 8.42 Å². The Kier molecular flexibility index (Phi) is 4.99. The molecule has 25 heavy (non-hydrogen) atoms. The number of benzene rings is 1. The average molecular weight is 365 g/mol. The van der Waals surface area contributed by atoms with Gasteiger partial charge in [0.1, 0.15) is 11.6 Å². The summed E-state index contributed by atoms with van der Waals surface area (Å²) >= 11 is 0. The molecule has 0 spiro atoms. The maximum Gasteiger partial charge on any atom is 0.259 e. The third kappa shape index (κ3) is 3.95. The smallest absolute Gasteiger partial charge is 0.259 e. The number of likely N-dealkylation sites (tertiary alicyclic amines) is 1. The van der Waals surface area contributed by atoms with E-state index in [2.05, 4.69) is 4.40 Å². The number of sulfonamides is 1. The van der Waals surface area contributed by atoms with E-state index in [0.29, 0.717) is 36.4 Å². The monoisotopic (exact) mass is 365 g/mol. The van der Waals surface area contributed by atoms with E-state index in [0.717, 1.165) is 19.4 Å². The molecule has 0 bridgehead atoms. The highest BCUT2D eigenvalue weighted by Gasteiger charge is 2.27. The minimum absolute atomic E-state index is 0.0247. The lowest BCUT2D eigenvalue weighted by atomic mass is 9.98. The Labute approximate surface area is 147 Å². The van der Waals surface area contributed by atoms with Gasteiger partial charge in [0.05, 0.1) is 17.9 Å². The normalized spacial score (nSPS) is 22.0. The molecule has 2 aliphatic rings. The molecule has 2 aliphatic heterocycles. The number of piperidine rings is 1. The maximum absolute atomic E-state index is 11.9. The number of amidine groups is 1. The van der Waals surface area contributed by atoms with E-state index in [4.69, 9.17) is 10.5 Å². The number of hydrogen-bond acceptors (Lipinski definition) is 5. The van der Waals surface area contributed by atoms with Crippen LogP contribution >= 0.6 is 0 Å². The van der Waals surface area contributed by atoms with Crippen molar-refractivity contribution in [3.63, 3.8) is 0 Å². The second-order valence-electron chi connectivity index (χ2n) is 6.51. The van der Waals surface area contributed by atoms with Crippen molar-refractivity contribution in [3.8, 4) is 5.75 Å². The SMILES string of the molecule is CCC(=O)N1CCCC(COc2cccc3c2C(N)=NS(=O)(=O)C3)C1. The molecule has 0 aliphatic carbocycles. The lowest BCUT2D eigenvalue weighted by Gasteiger charge is -2.32. The summed E-state index contributed by atoms with van der Waals surface area (Å²) in [4.78, 5) is 13.8. The number of fused-ring (bicyclic) bond motifs is 1. The van der Waals surface area contributed by atoms with Crippen LogP contribution in [-0.2, 0) is 20.6 Å². The molecule has 0 aromatic heterocycles. The number of nitrogens with zero attached hydrogens (tertiary/aromatic N) is 2. The summed E-state index contributed by atoms with van der Waals surface area (Å²) in [6.45, 7) is 3.83. The first-order chi connectivity index (χ1) is 11.9. The number of rotatable bonds is 4. The summed E-state index contributed by atoms with van der Waals surface area (Å²) in [5, 5.41) is 0. The summed E-state index contributed by atoms with van der Waals surface area (Å²) in [6, 6.07) is 5.26. The fourth-order valence-corrected chi connectivity index (χ4v) is 4.48. The van der Waals surface area contributed by atoms with Gasteiger partial charge in [-0.15, -0.1) is 4.40 Å². The molecule has 2 N–H and O–H groups in total. The first-order valence-electron chi connectivity index (χ1n) is 8.50. The van der Waals surface area contributed by atoms with Crippen LogP contribution in [0.4, 0.5) is 0 Å². The largest absolute Gasteiger partial charge is 0.492 e. The highest BCUT2D eigenvalue weighted by molar-refractivity contribution is 7.89. The number of hydrogen-bond donors (Lipinski definition) is 1. The van der Waals surface area contributed by atoms with E-state index in [1.807, 2.05) is 11.8 Å². The summed E-state index contributed by atoms with van der Waals surface area (Å²) in [5.74, 6) is 0.785. The molecule has 2 heterocycles. The van der Waals surface area contributed by atoms with Crippen molar-refractivity contribution in [2.45, 2.75) is 31.9 Å². The van der Waals surface area contributed by atoms with Crippen LogP contribution in [-0.4, -0.2) is 44.8 Å². The lowest BCUT2D eigenvalue weighted by Crippen LogP contribution is -2.41. The number of ether oxygens (including phenoxy) is 1. The van der Waals surface area contributed by atoms with Gasteiger partial charge in [-0.1, -0.05) is 19.1 Å². The van der Waals surface area contributed by atoms with Crippen molar-refractivity contribution < 1.29 is 17.9 Å². The molecule has 1 fully saturated rings. The molecule has 1 amide bonds. The Bertz CT molecular complexity index is 804. The molecule has 0 radical (unpaired) electrons. The van der Waals surface area contributed by atoms with E-state index in [1.165, 1.54) is 0 Å².